The van der Waals surface area contributed by atoms with Crippen molar-refractivity contribution in [3.63, 3.8) is 0 Å². The lowest BCUT2D eigenvalue weighted by Gasteiger charge is -2.33. The molecule has 0 unspecified atom stereocenters. The Kier molecular flexibility index (Phi) is 8.96. The van der Waals surface area contributed by atoms with Gasteiger partial charge in [-0.05, 0) is 52.7 Å². The number of urea groups is 1. The van der Waals surface area contributed by atoms with Crippen LogP contribution in [0.25, 0.3) is 0 Å². The minimum atomic E-state index is -0.933. The number of anilines is 1. The number of para-hydroxylation sites is 1. The van der Waals surface area contributed by atoms with Gasteiger partial charge in [-0.3, -0.25) is 4.79 Å². The molecule has 0 heterocycles. The molecule has 0 saturated heterocycles. The number of ether oxygens (including phenoxy) is 1. The Hall–Kier alpha value is -2.57. The molecule has 7 nitrogen and oxygen atoms in total. The van der Waals surface area contributed by atoms with E-state index in [0.717, 1.165) is 0 Å². The van der Waals surface area contributed by atoms with Crippen LogP contribution in [0.5, 0.6) is 0 Å². The standard InChI is InChI=1S/C21H33N3O4/c1-13(2)18(23-21(27)22-17-11-9-8-10-12-17)20(26)28-16(7)19(25)24(14(3)4)15(5)6/h8-16,18H,1-7H3,(H2,22,23,27)/t16-,18+/m1/s1. The molecule has 0 spiro atoms. The Labute approximate surface area is 167 Å². The molecular formula is C21H33N3O4. The van der Waals surface area contributed by atoms with Crippen molar-refractivity contribution in [1.29, 1.82) is 0 Å². The number of nitrogens with one attached hydrogen (secondary N) is 2. The van der Waals surface area contributed by atoms with Crippen LogP contribution in [-0.2, 0) is 14.3 Å². The van der Waals surface area contributed by atoms with Gasteiger partial charge in [0.15, 0.2) is 6.10 Å². The van der Waals surface area contributed by atoms with Gasteiger partial charge in [0.2, 0.25) is 0 Å². The third kappa shape index (κ3) is 6.87. The highest BCUT2D eigenvalue weighted by atomic mass is 16.5. The second-order valence-electron chi connectivity index (χ2n) is 7.70. The van der Waals surface area contributed by atoms with E-state index in [2.05, 4.69) is 10.6 Å². The fourth-order valence-corrected chi connectivity index (χ4v) is 2.94. The molecule has 0 aliphatic carbocycles. The van der Waals surface area contributed by atoms with E-state index in [9.17, 15) is 14.4 Å². The first kappa shape index (κ1) is 23.5. The van der Waals surface area contributed by atoms with Crippen LogP contribution in [0.15, 0.2) is 30.3 Å². The Balaban J connectivity index is 2.76. The average Bonchev–Trinajstić information content (AvgIpc) is 2.59. The van der Waals surface area contributed by atoms with Crippen LogP contribution in [0.3, 0.4) is 0 Å². The van der Waals surface area contributed by atoms with E-state index in [1.807, 2.05) is 33.8 Å². The van der Waals surface area contributed by atoms with Gasteiger partial charge in [0, 0.05) is 17.8 Å². The van der Waals surface area contributed by atoms with Crippen LogP contribution in [0, 0.1) is 5.92 Å². The van der Waals surface area contributed by atoms with E-state index in [0.29, 0.717) is 5.69 Å². The highest BCUT2D eigenvalue weighted by molar-refractivity contribution is 5.93. The minimum absolute atomic E-state index is 0.00989. The Bertz CT molecular complexity index is 651. The Morgan fingerprint density at radius 3 is 1.89 bits per heavy atom. The quantitative estimate of drug-likeness (QED) is 0.665. The summed E-state index contributed by atoms with van der Waals surface area (Å²) in [7, 11) is 0. The van der Waals surface area contributed by atoms with Gasteiger partial charge in [-0.25, -0.2) is 9.59 Å². The molecule has 0 aliphatic rings. The number of amides is 3. The van der Waals surface area contributed by atoms with Gasteiger partial charge in [0.1, 0.15) is 6.04 Å². The summed E-state index contributed by atoms with van der Waals surface area (Å²) in [6.07, 6.45) is -0.933. The second-order valence-corrected chi connectivity index (χ2v) is 7.70. The average molecular weight is 392 g/mol. The van der Waals surface area contributed by atoms with Crippen LogP contribution in [0.4, 0.5) is 10.5 Å². The number of carbonyl (C=O) groups excluding carboxylic acids is 3. The Morgan fingerprint density at radius 1 is 0.893 bits per heavy atom. The van der Waals surface area contributed by atoms with Crippen molar-refractivity contribution in [1.82, 2.24) is 10.2 Å². The summed E-state index contributed by atoms with van der Waals surface area (Å²) < 4.78 is 5.40. The summed E-state index contributed by atoms with van der Waals surface area (Å²) in [6, 6.07) is 7.53. The van der Waals surface area contributed by atoms with E-state index in [-0.39, 0.29) is 23.9 Å². The number of rotatable bonds is 8. The molecular weight excluding hydrogens is 358 g/mol. The normalized spacial score (nSPS) is 13.2. The topological polar surface area (TPSA) is 87.7 Å². The fraction of sp³-hybridized carbons (Fsp3) is 0.571. The summed E-state index contributed by atoms with van der Waals surface area (Å²) in [5.41, 5.74) is 0.615. The predicted molar refractivity (Wildman–Crippen MR) is 110 cm³/mol. The van der Waals surface area contributed by atoms with Crippen LogP contribution >= 0.6 is 0 Å². The first-order valence-corrected chi connectivity index (χ1v) is 9.69. The van der Waals surface area contributed by atoms with Gasteiger partial charge >= 0.3 is 12.0 Å². The zero-order valence-electron chi connectivity index (χ0n) is 17.9. The van der Waals surface area contributed by atoms with Gasteiger partial charge in [0.25, 0.3) is 5.91 Å². The number of carbonyl (C=O) groups is 3. The summed E-state index contributed by atoms with van der Waals surface area (Å²) in [5.74, 6) is -1.09. The maximum absolute atomic E-state index is 12.7. The SMILES string of the molecule is CC(C)[C@H](NC(=O)Nc1ccccc1)C(=O)O[C@H](C)C(=O)N(C(C)C)C(C)C. The molecule has 0 aliphatic heterocycles. The Morgan fingerprint density at radius 2 is 1.43 bits per heavy atom. The molecule has 7 heteroatoms. The minimum Gasteiger partial charge on any atom is -0.451 e. The van der Waals surface area contributed by atoms with Gasteiger partial charge in [0.05, 0.1) is 0 Å². The van der Waals surface area contributed by atoms with Gasteiger partial charge < -0.3 is 20.3 Å². The molecule has 2 N–H and O–H groups in total. The van der Waals surface area contributed by atoms with Crippen molar-refractivity contribution in [2.45, 2.75) is 72.7 Å². The maximum atomic E-state index is 12.7. The number of nitrogens with zero attached hydrogens (tertiary/aromatic N) is 1. The van der Waals surface area contributed by atoms with Gasteiger partial charge in [-0.15, -0.1) is 0 Å². The number of esters is 1. The molecule has 0 radical (unpaired) electrons. The van der Waals surface area contributed by atoms with E-state index >= 15 is 0 Å². The number of hydrogen-bond acceptors (Lipinski definition) is 4. The maximum Gasteiger partial charge on any atom is 0.329 e. The van der Waals surface area contributed by atoms with Gasteiger partial charge in [-0.1, -0.05) is 32.0 Å². The summed E-state index contributed by atoms with van der Waals surface area (Å²) in [6.45, 7) is 12.8. The number of hydrogen-bond donors (Lipinski definition) is 2. The smallest absolute Gasteiger partial charge is 0.329 e. The first-order chi connectivity index (χ1) is 13.0. The molecule has 0 aromatic heterocycles. The third-order valence-corrected chi connectivity index (χ3v) is 4.25. The zero-order chi connectivity index (χ0) is 21.4. The summed E-state index contributed by atoms with van der Waals surface area (Å²) >= 11 is 0. The molecule has 1 rings (SSSR count). The summed E-state index contributed by atoms with van der Waals surface area (Å²) in [4.78, 5) is 39.2. The summed E-state index contributed by atoms with van der Waals surface area (Å²) in [5, 5.41) is 5.31. The second kappa shape index (κ2) is 10.7. The van der Waals surface area contributed by atoms with Crippen LogP contribution in [0.1, 0.15) is 48.5 Å². The van der Waals surface area contributed by atoms with Gasteiger partial charge in [-0.2, -0.15) is 0 Å². The van der Waals surface area contributed by atoms with Crippen molar-refractivity contribution in [3.05, 3.63) is 30.3 Å². The van der Waals surface area contributed by atoms with E-state index in [1.165, 1.54) is 0 Å². The van der Waals surface area contributed by atoms with Crippen molar-refractivity contribution in [3.8, 4) is 0 Å². The monoisotopic (exact) mass is 391 g/mol. The molecule has 28 heavy (non-hydrogen) atoms. The molecule has 1 aromatic rings. The molecule has 1 aromatic carbocycles. The van der Waals surface area contributed by atoms with E-state index in [1.54, 1.807) is 49.9 Å². The molecule has 0 bridgehead atoms. The molecule has 0 fully saturated rings. The van der Waals surface area contributed by atoms with Crippen LogP contribution in [0.2, 0.25) is 0 Å². The zero-order valence-corrected chi connectivity index (χ0v) is 17.9. The first-order valence-electron chi connectivity index (χ1n) is 9.69. The lowest BCUT2D eigenvalue weighted by molar-refractivity contribution is -0.163. The van der Waals surface area contributed by atoms with Crippen molar-refractivity contribution in [2.24, 2.45) is 5.92 Å². The van der Waals surface area contributed by atoms with Crippen LogP contribution in [-0.4, -0.2) is 47.0 Å². The van der Waals surface area contributed by atoms with E-state index < -0.39 is 24.1 Å². The fourth-order valence-electron chi connectivity index (χ4n) is 2.94. The highest BCUT2D eigenvalue weighted by Crippen LogP contribution is 2.12. The third-order valence-electron chi connectivity index (χ3n) is 4.25. The largest absolute Gasteiger partial charge is 0.451 e. The van der Waals surface area contributed by atoms with Crippen molar-refractivity contribution >= 4 is 23.6 Å². The van der Waals surface area contributed by atoms with E-state index in [4.69, 9.17) is 4.74 Å². The number of benzene rings is 1. The molecule has 2 atom stereocenters. The van der Waals surface area contributed by atoms with Crippen molar-refractivity contribution < 1.29 is 19.1 Å². The molecule has 156 valence electrons. The predicted octanol–water partition coefficient (Wildman–Crippen LogP) is 3.41. The lowest BCUT2D eigenvalue weighted by atomic mass is 10.0. The molecule has 3 amide bonds. The van der Waals surface area contributed by atoms with Crippen LogP contribution < -0.4 is 10.6 Å². The lowest BCUT2D eigenvalue weighted by Crippen LogP contribution is -2.51. The highest BCUT2D eigenvalue weighted by Gasteiger charge is 2.32. The molecule has 0 saturated carbocycles. The van der Waals surface area contributed by atoms with Crippen molar-refractivity contribution in [2.75, 3.05) is 5.32 Å².